The second-order valence-corrected chi connectivity index (χ2v) is 14.8. The minimum Gasteiger partial charge on any atom is -0.443 e. The van der Waals surface area contributed by atoms with E-state index in [2.05, 4.69) is 10.3 Å². The minimum atomic E-state index is -4.19. The molecule has 0 saturated heterocycles. The fourth-order valence-electron chi connectivity index (χ4n) is 6.65. The highest BCUT2D eigenvalue weighted by Crippen LogP contribution is 2.63. The van der Waals surface area contributed by atoms with E-state index in [1.165, 1.54) is 18.2 Å². The molecule has 40 heavy (non-hydrogen) atoms. The number of fused-ring (bicyclic) bond motifs is 1. The molecule has 2 aromatic rings. The molecular formula is C27H34ClFN4O6S. The zero-order valence-electron chi connectivity index (χ0n) is 22.8. The van der Waals surface area contributed by atoms with Crippen LogP contribution in [0, 0.1) is 17.7 Å². The van der Waals surface area contributed by atoms with Crippen LogP contribution in [0.4, 0.5) is 14.9 Å². The van der Waals surface area contributed by atoms with Crippen molar-refractivity contribution in [2.24, 2.45) is 18.9 Å². The van der Waals surface area contributed by atoms with Crippen molar-refractivity contribution in [2.45, 2.75) is 81.2 Å². The molecule has 13 heteroatoms. The summed E-state index contributed by atoms with van der Waals surface area (Å²) in [5.41, 5.74) is -0.962. The molecule has 2 amide bonds. The third-order valence-corrected chi connectivity index (χ3v) is 11.0. The van der Waals surface area contributed by atoms with Crippen LogP contribution in [0.25, 0.3) is 0 Å². The van der Waals surface area contributed by atoms with Crippen molar-refractivity contribution in [1.82, 2.24) is 14.3 Å². The third kappa shape index (κ3) is 5.09. The molecule has 218 valence electrons. The number of carbonyl (C=O) groups excluding carboxylic acids is 2. The SMILES string of the molecule is Cn1cnc(C2CC3CC(O)(C4(S(=O)(=O)NC(=O)OC(C)(C)C)CC4)CC3C2)c1C(=O)Nc1ccc(F)c(Cl)c1. The summed E-state index contributed by atoms with van der Waals surface area (Å²) < 4.78 is 47.4. The fourth-order valence-corrected chi connectivity index (χ4v) is 8.59. The number of nitrogens with one attached hydrogen (secondary N) is 2. The molecule has 2 unspecified atom stereocenters. The molecule has 1 aromatic carbocycles. The molecule has 0 aliphatic heterocycles. The Bertz CT molecular complexity index is 1450. The van der Waals surface area contributed by atoms with E-state index in [1.807, 2.05) is 4.72 Å². The molecule has 3 fully saturated rings. The predicted octanol–water partition coefficient (Wildman–Crippen LogP) is 4.49. The summed E-state index contributed by atoms with van der Waals surface area (Å²) in [7, 11) is -2.47. The van der Waals surface area contributed by atoms with Gasteiger partial charge in [-0.1, -0.05) is 11.6 Å². The molecule has 3 N–H and O–H groups in total. The molecule has 1 heterocycles. The number of carbonyl (C=O) groups is 2. The van der Waals surface area contributed by atoms with E-state index >= 15 is 0 Å². The number of imidazole rings is 1. The van der Waals surface area contributed by atoms with Crippen molar-refractivity contribution in [1.29, 1.82) is 0 Å². The highest BCUT2D eigenvalue weighted by atomic mass is 35.5. The number of aryl methyl sites for hydroxylation is 1. The first kappa shape index (κ1) is 28.8. The largest absolute Gasteiger partial charge is 0.443 e. The van der Waals surface area contributed by atoms with Crippen LogP contribution >= 0.6 is 11.6 Å². The highest BCUT2D eigenvalue weighted by molar-refractivity contribution is 7.91. The number of anilines is 1. The highest BCUT2D eigenvalue weighted by Gasteiger charge is 2.71. The van der Waals surface area contributed by atoms with Gasteiger partial charge in [0.15, 0.2) is 0 Å². The lowest BCUT2D eigenvalue weighted by atomic mass is 9.88. The van der Waals surface area contributed by atoms with Gasteiger partial charge in [-0.25, -0.2) is 27.3 Å². The number of halogens is 2. The first-order valence-corrected chi connectivity index (χ1v) is 15.2. The maximum Gasteiger partial charge on any atom is 0.421 e. The molecule has 2 atom stereocenters. The van der Waals surface area contributed by atoms with Crippen molar-refractivity contribution < 1.29 is 32.2 Å². The quantitative estimate of drug-likeness (QED) is 0.446. The second-order valence-electron chi connectivity index (χ2n) is 12.4. The van der Waals surface area contributed by atoms with Gasteiger partial charge in [-0.05, 0) is 89.3 Å². The van der Waals surface area contributed by atoms with Gasteiger partial charge in [-0.2, -0.15) is 0 Å². The Morgan fingerprint density at radius 2 is 1.82 bits per heavy atom. The van der Waals surface area contributed by atoms with E-state index in [1.54, 1.807) is 38.7 Å². The predicted molar refractivity (Wildman–Crippen MR) is 146 cm³/mol. The number of amides is 2. The lowest BCUT2D eigenvalue weighted by Gasteiger charge is -2.34. The van der Waals surface area contributed by atoms with Gasteiger partial charge < -0.3 is 19.7 Å². The lowest BCUT2D eigenvalue weighted by Crippen LogP contribution is -2.54. The molecule has 0 radical (unpaired) electrons. The van der Waals surface area contributed by atoms with Gasteiger partial charge in [0.2, 0.25) is 10.0 Å². The molecule has 3 aliphatic carbocycles. The lowest BCUT2D eigenvalue weighted by molar-refractivity contribution is 0.0247. The van der Waals surface area contributed by atoms with E-state index in [-0.39, 0.29) is 48.5 Å². The van der Waals surface area contributed by atoms with Gasteiger partial charge in [-0.15, -0.1) is 0 Å². The van der Waals surface area contributed by atoms with E-state index in [0.29, 0.717) is 29.9 Å². The van der Waals surface area contributed by atoms with Crippen molar-refractivity contribution >= 4 is 39.3 Å². The first-order chi connectivity index (χ1) is 18.5. The van der Waals surface area contributed by atoms with Crippen LogP contribution in [-0.2, 0) is 21.8 Å². The van der Waals surface area contributed by atoms with Crippen molar-refractivity contribution in [3.63, 3.8) is 0 Å². The second kappa shape index (κ2) is 9.70. The summed E-state index contributed by atoms with van der Waals surface area (Å²) in [6.07, 6.45) is 2.90. The standard InChI is InChI=1S/C27H34ClFN4O6S/c1-25(2,3)39-24(35)32-40(37,38)27(7-8-27)26(36)12-16-9-15(10-17(16)13-26)21-22(33(4)14-30-21)23(34)31-18-5-6-20(29)19(28)11-18/h5-6,11,14-17,36H,7-10,12-13H2,1-4H3,(H,31,34)(H,32,35). The molecular weight excluding hydrogens is 563 g/mol. The molecule has 10 nitrogen and oxygen atoms in total. The average Bonchev–Trinajstić information content (AvgIpc) is 3.33. The summed E-state index contributed by atoms with van der Waals surface area (Å²) in [6, 6.07) is 3.94. The minimum absolute atomic E-state index is 0.0398. The van der Waals surface area contributed by atoms with E-state index in [9.17, 15) is 27.5 Å². The Hall–Kier alpha value is -2.70. The number of benzene rings is 1. The first-order valence-electron chi connectivity index (χ1n) is 13.3. The van der Waals surface area contributed by atoms with E-state index < -0.39 is 43.8 Å². The van der Waals surface area contributed by atoms with Gasteiger partial charge in [0.1, 0.15) is 21.9 Å². The topological polar surface area (TPSA) is 140 Å². The zero-order valence-corrected chi connectivity index (χ0v) is 24.4. The van der Waals surface area contributed by atoms with Crippen LogP contribution in [0.2, 0.25) is 5.02 Å². The number of hydrogen-bond donors (Lipinski definition) is 3. The zero-order chi connectivity index (χ0) is 29.3. The normalized spacial score (nSPS) is 27.2. The Morgan fingerprint density at radius 3 is 2.38 bits per heavy atom. The Balaban J connectivity index is 1.28. The van der Waals surface area contributed by atoms with Crippen LogP contribution in [0.3, 0.4) is 0 Å². The third-order valence-electron chi connectivity index (χ3n) is 8.47. The summed E-state index contributed by atoms with van der Waals surface area (Å²) >= 11 is 5.85. The van der Waals surface area contributed by atoms with Gasteiger partial charge in [-0.3, -0.25) is 4.79 Å². The maximum absolute atomic E-state index is 13.5. The number of ether oxygens (including phenoxy) is 1. The number of hydrogen-bond acceptors (Lipinski definition) is 7. The van der Waals surface area contributed by atoms with Crippen LogP contribution in [-0.4, -0.2) is 51.0 Å². The van der Waals surface area contributed by atoms with Crippen LogP contribution in [0.5, 0.6) is 0 Å². The Morgan fingerprint density at radius 1 is 1.20 bits per heavy atom. The van der Waals surface area contributed by atoms with Crippen molar-refractivity contribution in [3.05, 3.63) is 46.8 Å². The van der Waals surface area contributed by atoms with Crippen LogP contribution < -0.4 is 10.0 Å². The number of aliphatic hydroxyl groups is 1. The molecule has 0 spiro atoms. The van der Waals surface area contributed by atoms with Crippen LogP contribution in [0.15, 0.2) is 24.5 Å². The van der Waals surface area contributed by atoms with Gasteiger partial charge in [0.05, 0.1) is 22.6 Å². The van der Waals surface area contributed by atoms with Gasteiger partial charge in [0.25, 0.3) is 5.91 Å². The Labute approximate surface area is 237 Å². The molecule has 1 aromatic heterocycles. The van der Waals surface area contributed by atoms with E-state index in [0.717, 1.165) is 0 Å². The molecule has 3 saturated carbocycles. The summed E-state index contributed by atoms with van der Waals surface area (Å²) in [6.45, 7) is 4.93. The summed E-state index contributed by atoms with van der Waals surface area (Å²) in [4.78, 5) is 29.9. The monoisotopic (exact) mass is 596 g/mol. The summed E-state index contributed by atoms with van der Waals surface area (Å²) in [5.74, 6) is -0.955. The molecule has 3 aliphatic rings. The van der Waals surface area contributed by atoms with Gasteiger partial charge >= 0.3 is 6.09 Å². The van der Waals surface area contributed by atoms with Crippen molar-refractivity contribution in [3.8, 4) is 0 Å². The number of aromatic nitrogens is 2. The summed E-state index contributed by atoms with van der Waals surface area (Å²) in [5, 5.41) is 14.3. The van der Waals surface area contributed by atoms with Crippen LogP contribution in [0.1, 0.15) is 81.4 Å². The number of sulfonamides is 1. The fraction of sp³-hybridized carbons (Fsp3) is 0.593. The number of nitrogens with zero attached hydrogens (tertiary/aromatic N) is 2. The maximum atomic E-state index is 13.5. The Kier molecular flexibility index (Phi) is 6.99. The molecule has 5 rings (SSSR count). The molecule has 0 bridgehead atoms. The average molecular weight is 597 g/mol. The van der Waals surface area contributed by atoms with E-state index in [4.69, 9.17) is 16.3 Å². The smallest absolute Gasteiger partial charge is 0.421 e. The van der Waals surface area contributed by atoms with Crippen molar-refractivity contribution in [2.75, 3.05) is 5.32 Å². The van der Waals surface area contributed by atoms with Gasteiger partial charge in [0, 0.05) is 18.7 Å². The number of rotatable bonds is 6.